The van der Waals surface area contributed by atoms with Gasteiger partial charge < -0.3 is 16.0 Å². The number of rotatable bonds is 2. The number of nitrogens with one attached hydrogen (secondary N) is 1. The lowest BCUT2D eigenvalue weighted by Gasteiger charge is -2.19. The number of nitrogens with two attached hydrogens (primary N) is 1. The Morgan fingerprint density at radius 1 is 1.71 bits per heavy atom. The molecule has 1 aliphatic rings. The minimum absolute atomic E-state index is 0.303. The molecule has 2 heterocycles. The first-order valence-electron chi connectivity index (χ1n) is 5.55. The van der Waals surface area contributed by atoms with Crippen LogP contribution in [0, 0.1) is 0 Å². The van der Waals surface area contributed by atoms with Crippen LogP contribution < -0.4 is 16.0 Å². The van der Waals surface area contributed by atoms with Gasteiger partial charge in [0.15, 0.2) is 5.96 Å². The van der Waals surface area contributed by atoms with Gasteiger partial charge in [-0.25, -0.2) is 4.98 Å². The highest BCUT2D eigenvalue weighted by atomic mass is 35.5. The van der Waals surface area contributed by atoms with Gasteiger partial charge in [0.05, 0.1) is 5.02 Å². The van der Waals surface area contributed by atoms with Gasteiger partial charge in [0.2, 0.25) is 0 Å². The maximum atomic E-state index is 6.11. The third-order valence-corrected chi connectivity index (χ3v) is 3.11. The minimum Gasteiger partial charge on any atom is -0.370 e. The monoisotopic (exact) mass is 253 g/mol. The molecule has 0 spiro atoms. The van der Waals surface area contributed by atoms with Crippen LogP contribution in [0.2, 0.25) is 5.02 Å². The maximum Gasteiger partial charge on any atom is 0.188 e. The van der Waals surface area contributed by atoms with Gasteiger partial charge in [0.25, 0.3) is 0 Å². The Kier molecular flexibility index (Phi) is 3.68. The van der Waals surface area contributed by atoms with Crippen molar-refractivity contribution in [2.45, 2.75) is 12.5 Å². The van der Waals surface area contributed by atoms with Crippen LogP contribution in [0.15, 0.2) is 23.3 Å². The van der Waals surface area contributed by atoms with E-state index in [0.717, 1.165) is 25.3 Å². The Hall–Kier alpha value is -1.49. The molecule has 0 aromatic carbocycles. The summed E-state index contributed by atoms with van der Waals surface area (Å²) < 4.78 is 0. The van der Waals surface area contributed by atoms with Crippen molar-refractivity contribution in [3.8, 4) is 0 Å². The first-order valence-corrected chi connectivity index (χ1v) is 5.92. The number of aliphatic imine (C=N–C) groups is 1. The zero-order chi connectivity index (χ0) is 12.3. The van der Waals surface area contributed by atoms with Crippen molar-refractivity contribution in [2.24, 2.45) is 10.7 Å². The van der Waals surface area contributed by atoms with Gasteiger partial charge in [-0.3, -0.25) is 4.99 Å². The zero-order valence-electron chi connectivity index (χ0n) is 9.73. The van der Waals surface area contributed by atoms with Gasteiger partial charge in [0.1, 0.15) is 5.82 Å². The van der Waals surface area contributed by atoms with Crippen LogP contribution >= 0.6 is 11.6 Å². The number of hydrogen-bond acceptors (Lipinski definition) is 3. The molecule has 1 aromatic rings. The normalized spacial score (nSPS) is 20.7. The lowest BCUT2D eigenvalue weighted by Crippen LogP contribution is -2.41. The molecule has 6 heteroatoms. The number of guanidine groups is 1. The Labute approximate surface area is 106 Å². The first kappa shape index (κ1) is 12.0. The summed E-state index contributed by atoms with van der Waals surface area (Å²) in [5, 5.41) is 3.85. The van der Waals surface area contributed by atoms with Gasteiger partial charge in [-0.15, -0.1) is 0 Å². The molecule has 92 valence electrons. The molecule has 0 amide bonds. The standard InChI is InChI=1S/C11H16ClN5/c1-14-11(13)16-8-4-6-17(7-8)10-9(12)3-2-5-15-10/h2-3,5,8H,4,6-7H2,1H3,(H3,13,14,16). The van der Waals surface area contributed by atoms with Crippen molar-refractivity contribution in [1.82, 2.24) is 10.3 Å². The number of hydrogen-bond donors (Lipinski definition) is 2. The van der Waals surface area contributed by atoms with Crippen LogP contribution in [0.1, 0.15) is 6.42 Å². The summed E-state index contributed by atoms with van der Waals surface area (Å²) in [4.78, 5) is 10.3. The second-order valence-corrected chi connectivity index (χ2v) is 4.40. The molecule has 1 saturated heterocycles. The summed E-state index contributed by atoms with van der Waals surface area (Å²) in [5.41, 5.74) is 5.65. The average molecular weight is 254 g/mol. The van der Waals surface area contributed by atoms with Crippen molar-refractivity contribution < 1.29 is 0 Å². The molecule has 0 aliphatic carbocycles. The molecule has 5 nitrogen and oxygen atoms in total. The third kappa shape index (κ3) is 2.79. The minimum atomic E-state index is 0.303. The summed E-state index contributed by atoms with van der Waals surface area (Å²) in [5.74, 6) is 1.31. The van der Waals surface area contributed by atoms with E-state index in [1.807, 2.05) is 12.1 Å². The quantitative estimate of drug-likeness (QED) is 0.606. The molecule has 0 radical (unpaired) electrons. The van der Waals surface area contributed by atoms with Crippen molar-refractivity contribution >= 4 is 23.4 Å². The second-order valence-electron chi connectivity index (χ2n) is 3.99. The van der Waals surface area contributed by atoms with Crippen LogP contribution in [0.3, 0.4) is 0 Å². The molecular weight excluding hydrogens is 238 g/mol. The topological polar surface area (TPSA) is 66.5 Å². The number of nitrogens with zero attached hydrogens (tertiary/aromatic N) is 3. The molecule has 1 unspecified atom stereocenters. The Morgan fingerprint density at radius 3 is 3.24 bits per heavy atom. The van der Waals surface area contributed by atoms with Crippen LogP contribution in [0.5, 0.6) is 0 Å². The molecule has 17 heavy (non-hydrogen) atoms. The van der Waals surface area contributed by atoms with E-state index in [0.29, 0.717) is 17.0 Å². The summed E-state index contributed by atoms with van der Waals surface area (Å²) in [6.45, 7) is 1.76. The van der Waals surface area contributed by atoms with E-state index in [1.165, 1.54) is 0 Å². The molecule has 1 fully saturated rings. The second kappa shape index (κ2) is 5.23. The highest BCUT2D eigenvalue weighted by Gasteiger charge is 2.24. The van der Waals surface area contributed by atoms with Crippen LogP contribution in [0.4, 0.5) is 5.82 Å². The summed E-state index contributed by atoms with van der Waals surface area (Å²) in [6, 6.07) is 3.99. The number of halogens is 1. The molecule has 3 N–H and O–H groups in total. The van der Waals surface area contributed by atoms with Gasteiger partial charge in [-0.1, -0.05) is 11.6 Å². The lowest BCUT2D eigenvalue weighted by atomic mass is 10.3. The smallest absolute Gasteiger partial charge is 0.188 e. The average Bonchev–Trinajstić information content (AvgIpc) is 2.78. The van der Waals surface area contributed by atoms with Gasteiger partial charge >= 0.3 is 0 Å². The van der Waals surface area contributed by atoms with E-state index in [2.05, 4.69) is 20.2 Å². The Bertz CT molecular complexity index is 420. The highest BCUT2D eigenvalue weighted by molar-refractivity contribution is 6.32. The van der Waals surface area contributed by atoms with Gasteiger partial charge in [0, 0.05) is 32.4 Å². The summed E-state index contributed by atoms with van der Waals surface area (Å²) >= 11 is 6.11. The molecule has 1 aliphatic heterocycles. The predicted octanol–water partition coefficient (Wildman–Crippen LogP) is 0.848. The van der Waals surface area contributed by atoms with E-state index < -0.39 is 0 Å². The van der Waals surface area contributed by atoms with E-state index in [4.69, 9.17) is 17.3 Å². The van der Waals surface area contributed by atoms with Gasteiger partial charge in [-0.2, -0.15) is 0 Å². The van der Waals surface area contributed by atoms with Gasteiger partial charge in [-0.05, 0) is 18.6 Å². The fourth-order valence-corrected chi connectivity index (χ4v) is 2.20. The van der Waals surface area contributed by atoms with E-state index in [1.54, 1.807) is 13.2 Å². The van der Waals surface area contributed by atoms with Crippen molar-refractivity contribution in [1.29, 1.82) is 0 Å². The van der Waals surface area contributed by atoms with E-state index >= 15 is 0 Å². The van der Waals surface area contributed by atoms with Crippen molar-refractivity contribution in [3.63, 3.8) is 0 Å². The molecule has 1 atom stereocenters. The maximum absolute atomic E-state index is 6.11. The summed E-state index contributed by atoms with van der Waals surface area (Å²) in [6.07, 6.45) is 2.76. The molecule has 0 saturated carbocycles. The molecular formula is C11H16ClN5. The lowest BCUT2D eigenvalue weighted by molar-refractivity contribution is 0.665. The Morgan fingerprint density at radius 2 is 2.53 bits per heavy atom. The SMILES string of the molecule is CN=C(N)NC1CCN(c2ncccc2Cl)C1. The summed E-state index contributed by atoms with van der Waals surface area (Å²) in [7, 11) is 1.67. The highest BCUT2D eigenvalue weighted by Crippen LogP contribution is 2.25. The van der Waals surface area contributed by atoms with E-state index in [-0.39, 0.29) is 0 Å². The third-order valence-electron chi connectivity index (χ3n) is 2.82. The fourth-order valence-electron chi connectivity index (χ4n) is 1.95. The zero-order valence-corrected chi connectivity index (χ0v) is 10.5. The van der Waals surface area contributed by atoms with Crippen LogP contribution in [-0.4, -0.2) is 37.1 Å². The van der Waals surface area contributed by atoms with Crippen LogP contribution in [0.25, 0.3) is 0 Å². The van der Waals surface area contributed by atoms with Crippen molar-refractivity contribution in [3.05, 3.63) is 23.4 Å². The Balaban J connectivity index is 2.01. The largest absolute Gasteiger partial charge is 0.370 e. The van der Waals surface area contributed by atoms with E-state index in [9.17, 15) is 0 Å². The number of aromatic nitrogens is 1. The first-order chi connectivity index (χ1) is 8.20. The predicted molar refractivity (Wildman–Crippen MR) is 70.5 cm³/mol. The molecule has 1 aromatic heterocycles. The molecule has 0 bridgehead atoms. The number of anilines is 1. The van der Waals surface area contributed by atoms with Crippen molar-refractivity contribution in [2.75, 3.05) is 25.0 Å². The van der Waals surface area contributed by atoms with Crippen LogP contribution in [-0.2, 0) is 0 Å². The fraction of sp³-hybridized carbons (Fsp3) is 0.455. The number of pyridine rings is 1. The molecule has 2 rings (SSSR count).